The van der Waals surface area contributed by atoms with Crippen LogP contribution in [0.2, 0.25) is 0 Å². The first kappa shape index (κ1) is 74.4. The van der Waals surface area contributed by atoms with Gasteiger partial charge in [-0.25, -0.2) is 39.9 Å². The summed E-state index contributed by atoms with van der Waals surface area (Å²) in [4.78, 5) is 41.4. The third-order valence-corrected chi connectivity index (χ3v) is 28.4. The topological polar surface area (TPSA) is 108 Å². The highest BCUT2D eigenvalue weighted by Gasteiger charge is 2.24. The van der Waals surface area contributed by atoms with E-state index in [0.29, 0.717) is 34.9 Å². The van der Waals surface area contributed by atoms with Gasteiger partial charge in [0.2, 0.25) is 0 Å². The number of hydrogen-bond acceptors (Lipinski definition) is 11. The van der Waals surface area contributed by atoms with Crippen molar-refractivity contribution in [2.75, 3.05) is 0 Å². The molecule has 0 atom stereocenters. The van der Waals surface area contributed by atoms with Crippen LogP contribution in [0, 0.1) is 0 Å². The van der Waals surface area contributed by atoms with Crippen LogP contribution in [0.15, 0.2) is 419 Å². The molecule has 0 radical (unpaired) electrons. The SMILES string of the molecule is c1ccc(-c2nc(-c3ccc(-c4ccc5c(c4)nc(-c4cccc6ccccc46)c4sc6ccccc6c45)cc3)nc(-c3ccc(-n4c5ccccc5c5ccccc54)cc3)n2)cc1.c1ccc(-c2nc(-c3ccc(-c4ccc5c(c4)nc(-c4cccc6ccccc46)c4sc6ccccc6c45)cc3)nc(-c3cccc(-c4cccc5c4sc4ccccc45)c3)n2)cc1. The molecule has 8 heterocycles. The second kappa shape index (κ2) is 30.9. The van der Waals surface area contributed by atoms with Gasteiger partial charge in [0.05, 0.1) is 42.9 Å². The Morgan fingerprint density at radius 3 is 0.984 bits per heavy atom. The van der Waals surface area contributed by atoms with Gasteiger partial charge in [-0.05, 0) is 128 Å². The molecule has 0 unspecified atom stereocenters. The summed E-state index contributed by atoms with van der Waals surface area (Å²) in [6, 6.07) is 148. The van der Waals surface area contributed by atoms with E-state index in [0.717, 1.165) is 111 Å². The quantitative estimate of drug-likeness (QED) is 0.119. The van der Waals surface area contributed by atoms with Gasteiger partial charge in [-0.15, -0.1) is 34.0 Å². The summed E-state index contributed by atoms with van der Waals surface area (Å²) in [5.41, 5.74) is 22.0. The van der Waals surface area contributed by atoms with E-state index in [9.17, 15) is 0 Å². The number of nitrogens with zero attached hydrogens (tertiary/aromatic N) is 9. The Balaban J connectivity index is 0.000000139. The molecular formula is C116H69N9S3. The zero-order valence-corrected chi connectivity index (χ0v) is 71.0. The van der Waals surface area contributed by atoms with Crippen molar-refractivity contribution >= 4 is 160 Å². The van der Waals surface area contributed by atoms with E-state index >= 15 is 0 Å². The summed E-state index contributed by atoms with van der Waals surface area (Å²) < 4.78 is 9.86. The summed E-state index contributed by atoms with van der Waals surface area (Å²) >= 11 is 5.49. The standard InChI is InChI=1S/C58H35N5S.C58H34N4S2/c1-2-14-38(15-3-1)56-60-57(62-58(61-56)40-29-32-42(33-30-40)63-50-22-9-6-18-44(50)45-19-7-10-23-51(45)63)39-27-25-36(26-28-39)41-31-34-47-49(35-41)59-54(46-21-12-16-37-13-4-5-17-43(37)46)55-53(47)48-20-8-11-24-52(48)64-55;1-2-14-37(15-3-1)56-60-57(62-58(61-56)41-18-10-17-40(33-41)43-22-12-24-46-44-20-6-8-25-50(44)63-54(43)46)38-29-27-35(28-30-38)39-31-32-47-49(34-39)59-53(45-23-11-16-36-13-4-5-19-42(36)45)55-52(47)48-21-7-9-26-51(48)64-55/h1-35H;1-34H. The smallest absolute Gasteiger partial charge is 0.164 e. The van der Waals surface area contributed by atoms with Crippen LogP contribution < -0.4 is 0 Å². The maximum atomic E-state index is 5.48. The number of thiophene rings is 3. The number of aromatic nitrogens is 9. The fourth-order valence-corrected chi connectivity index (χ4v) is 22.3. The highest BCUT2D eigenvalue weighted by atomic mass is 32.1. The molecule has 0 saturated heterocycles. The lowest BCUT2D eigenvalue weighted by Gasteiger charge is -2.12. The van der Waals surface area contributed by atoms with Crippen LogP contribution in [-0.2, 0) is 0 Å². The highest BCUT2D eigenvalue weighted by molar-refractivity contribution is 7.27. The second-order valence-electron chi connectivity index (χ2n) is 32.3. The van der Waals surface area contributed by atoms with Crippen molar-refractivity contribution in [1.29, 1.82) is 0 Å². The van der Waals surface area contributed by atoms with Crippen molar-refractivity contribution in [3.63, 3.8) is 0 Å². The highest BCUT2D eigenvalue weighted by Crippen LogP contribution is 2.49. The first-order valence-corrected chi connectivity index (χ1v) is 45.3. The van der Waals surface area contributed by atoms with E-state index in [1.54, 1.807) is 0 Å². The molecule has 0 N–H and O–H groups in total. The number of benzene rings is 18. The summed E-state index contributed by atoms with van der Waals surface area (Å²) in [5.74, 6) is 3.76. The molecule has 0 aliphatic carbocycles. The van der Waals surface area contributed by atoms with Crippen molar-refractivity contribution < 1.29 is 0 Å². The Bertz CT molecular complexity index is 8890. The van der Waals surface area contributed by atoms with E-state index in [4.69, 9.17) is 39.9 Å². The van der Waals surface area contributed by atoms with Gasteiger partial charge >= 0.3 is 0 Å². The molecule has 0 fully saturated rings. The Labute approximate surface area is 746 Å². The number of pyridine rings is 2. The van der Waals surface area contributed by atoms with E-state index in [2.05, 4.69) is 375 Å². The molecule has 9 nitrogen and oxygen atoms in total. The minimum Gasteiger partial charge on any atom is -0.309 e. The molecule has 0 saturated carbocycles. The zero-order chi connectivity index (χ0) is 84.3. The summed E-state index contributed by atoms with van der Waals surface area (Å²) in [6.07, 6.45) is 0. The van der Waals surface area contributed by atoms with Gasteiger partial charge in [-0.1, -0.05) is 346 Å². The van der Waals surface area contributed by atoms with Crippen LogP contribution in [0.4, 0.5) is 0 Å². The number of hydrogen-bond donors (Lipinski definition) is 0. The third kappa shape index (κ3) is 12.9. The minimum absolute atomic E-state index is 0.619. The van der Waals surface area contributed by atoms with Gasteiger partial charge in [0.25, 0.3) is 0 Å². The lowest BCUT2D eigenvalue weighted by Crippen LogP contribution is -2.00. The lowest BCUT2D eigenvalue weighted by molar-refractivity contribution is 1.07. The number of rotatable bonds is 12. The fourth-order valence-electron chi connectivity index (χ4n) is 18.6. The van der Waals surface area contributed by atoms with Crippen LogP contribution in [0.25, 0.3) is 256 Å². The maximum absolute atomic E-state index is 5.48. The predicted molar refractivity (Wildman–Crippen MR) is 538 cm³/mol. The average molecular weight is 1690 g/mol. The Kier molecular flexibility index (Phi) is 18.0. The van der Waals surface area contributed by atoms with Crippen LogP contribution in [-0.4, -0.2) is 44.4 Å². The first-order valence-electron chi connectivity index (χ1n) is 42.8. The van der Waals surface area contributed by atoms with E-state index < -0.39 is 0 Å². The van der Waals surface area contributed by atoms with Crippen molar-refractivity contribution in [2.45, 2.75) is 0 Å². The second-order valence-corrected chi connectivity index (χ2v) is 35.5. The Morgan fingerprint density at radius 1 is 0.180 bits per heavy atom. The van der Waals surface area contributed by atoms with Crippen LogP contribution in [0.1, 0.15) is 0 Å². The monoisotopic (exact) mass is 1680 g/mol. The average Bonchev–Trinajstić information content (AvgIpc) is 1.57. The zero-order valence-electron chi connectivity index (χ0n) is 68.6. The molecule has 0 bridgehead atoms. The lowest BCUT2D eigenvalue weighted by atomic mass is 9.97. The van der Waals surface area contributed by atoms with Crippen molar-refractivity contribution in [2.24, 2.45) is 0 Å². The number of fused-ring (bicyclic) bond motifs is 18. The Hall–Kier alpha value is -16.2. The molecule has 0 aliphatic rings. The van der Waals surface area contributed by atoms with E-state index in [-0.39, 0.29) is 0 Å². The van der Waals surface area contributed by atoms with Crippen LogP contribution in [0.5, 0.6) is 0 Å². The minimum atomic E-state index is 0.619. The molecule has 12 heteroatoms. The van der Waals surface area contributed by atoms with Gasteiger partial charge in [0.1, 0.15) is 0 Å². The van der Waals surface area contributed by atoms with Crippen molar-refractivity contribution in [3.8, 4) is 130 Å². The van der Waals surface area contributed by atoms with Gasteiger partial charge < -0.3 is 4.57 Å². The molecule has 8 aromatic heterocycles. The summed E-state index contributed by atoms with van der Waals surface area (Å²) in [7, 11) is 0. The molecule has 26 rings (SSSR count). The summed E-state index contributed by atoms with van der Waals surface area (Å²) in [5, 5.41) is 17.2. The molecular weight excluding hydrogens is 1620 g/mol. The van der Waals surface area contributed by atoms with Crippen LogP contribution in [0.3, 0.4) is 0 Å². The summed E-state index contributed by atoms with van der Waals surface area (Å²) in [6.45, 7) is 0. The van der Waals surface area contributed by atoms with Crippen molar-refractivity contribution in [3.05, 3.63) is 419 Å². The number of para-hydroxylation sites is 2. The molecule has 0 amide bonds. The largest absolute Gasteiger partial charge is 0.309 e. The molecule has 18 aromatic carbocycles. The van der Waals surface area contributed by atoms with Gasteiger partial charge in [0, 0.05) is 123 Å². The normalized spacial score (nSPS) is 11.8. The third-order valence-electron chi connectivity index (χ3n) is 24.8. The van der Waals surface area contributed by atoms with Gasteiger partial charge in [0.15, 0.2) is 34.9 Å². The van der Waals surface area contributed by atoms with E-state index in [1.807, 2.05) is 82.5 Å². The fraction of sp³-hybridized carbons (Fsp3) is 0. The van der Waals surface area contributed by atoms with Crippen molar-refractivity contribution in [1.82, 2.24) is 44.4 Å². The molecule has 26 aromatic rings. The molecule has 0 spiro atoms. The van der Waals surface area contributed by atoms with Gasteiger partial charge in [-0.2, -0.15) is 0 Å². The van der Waals surface area contributed by atoms with Crippen LogP contribution >= 0.6 is 34.0 Å². The Morgan fingerprint density at radius 2 is 0.500 bits per heavy atom. The molecule has 0 aliphatic heterocycles. The van der Waals surface area contributed by atoms with Gasteiger partial charge in [-0.3, -0.25) is 0 Å². The predicted octanol–water partition coefficient (Wildman–Crippen LogP) is 31.7. The maximum Gasteiger partial charge on any atom is 0.164 e. The van der Waals surface area contributed by atoms with E-state index in [1.165, 1.54) is 109 Å². The molecule has 596 valence electrons. The first-order chi connectivity index (χ1) is 63.4. The molecule has 128 heavy (non-hydrogen) atoms.